The van der Waals surface area contributed by atoms with Crippen LogP contribution in [0.1, 0.15) is 5.69 Å². The van der Waals surface area contributed by atoms with Gasteiger partial charge in [-0.2, -0.15) is 0 Å². The van der Waals surface area contributed by atoms with Crippen molar-refractivity contribution >= 4 is 0 Å². The molecule has 0 saturated carbocycles. The quantitative estimate of drug-likeness (QED) is 0.724. The Bertz CT molecular complexity index is 263. The van der Waals surface area contributed by atoms with Crippen LogP contribution >= 0.6 is 0 Å². The third kappa shape index (κ3) is 2.05. The Balaban J connectivity index is 1.98. The van der Waals surface area contributed by atoms with E-state index in [1.165, 1.54) is 0 Å². The van der Waals surface area contributed by atoms with Crippen LogP contribution in [-0.4, -0.2) is 29.4 Å². The number of hydrogen-bond acceptors (Lipinski definition) is 3. The molecule has 0 aromatic carbocycles. The monoisotopic (exact) mass is 179 g/mol. The van der Waals surface area contributed by atoms with Crippen LogP contribution in [0.15, 0.2) is 24.4 Å². The van der Waals surface area contributed by atoms with E-state index in [-0.39, 0.29) is 12.0 Å². The third-order valence-corrected chi connectivity index (χ3v) is 2.36. The molecule has 13 heavy (non-hydrogen) atoms. The van der Waals surface area contributed by atoms with Gasteiger partial charge in [0.25, 0.3) is 0 Å². The summed E-state index contributed by atoms with van der Waals surface area (Å²) < 4.78 is 5.16. The van der Waals surface area contributed by atoms with Crippen molar-refractivity contribution in [3.8, 4) is 0 Å². The summed E-state index contributed by atoms with van der Waals surface area (Å²) in [5.41, 5.74) is 1.03. The molecule has 3 heteroatoms. The second kappa shape index (κ2) is 3.85. The second-order valence-corrected chi connectivity index (χ2v) is 3.39. The molecule has 2 atom stereocenters. The molecular formula is C10H13NO2. The van der Waals surface area contributed by atoms with Gasteiger partial charge in [0, 0.05) is 17.8 Å². The van der Waals surface area contributed by atoms with Gasteiger partial charge in [-0.3, -0.25) is 4.98 Å². The normalized spacial score (nSPS) is 27.8. The summed E-state index contributed by atoms with van der Waals surface area (Å²) in [6.45, 7) is 1.12. The summed E-state index contributed by atoms with van der Waals surface area (Å²) in [6, 6.07) is 5.83. The van der Waals surface area contributed by atoms with Crippen molar-refractivity contribution in [1.82, 2.24) is 4.98 Å². The van der Waals surface area contributed by atoms with E-state index in [1.807, 2.05) is 18.2 Å². The summed E-state index contributed by atoms with van der Waals surface area (Å²) in [7, 11) is 0. The lowest BCUT2D eigenvalue weighted by molar-refractivity contribution is 0.118. The van der Waals surface area contributed by atoms with Crippen LogP contribution in [0.3, 0.4) is 0 Å². The zero-order valence-corrected chi connectivity index (χ0v) is 7.39. The number of ether oxygens (including phenoxy) is 1. The molecule has 70 valence electrons. The van der Waals surface area contributed by atoms with Crippen LogP contribution < -0.4 is 0 Å². The molecule has 1 aromatic heterocycles. The van der Waals surface area contributed by atoms with Crippen molar-refractivity contribution in [1.29, 1.82) is 0 Å². The zero-order chi connectivity index (χ0) is 9.10. The van der Waals surface area contributed by atoms with E-state index in [0.29, 0.717) is 13.2 Å². The number of aliphatic hydroxyl groups is 1. The molecule has 0 aliphatic carbocycles. The average molecular weight is 179 g/mol. The minimum atomic E-state index is -0.318. The first-order chi connectivity index (χ1) is 6.36. The minimum Gasteiger partial charge on any atom is -0.390 e. The van der Waals surface area contributed by atoms with E-state index >= 15 is 0 Å². The van der Waals surface area contributed by atoms with Gasteiger partial charge in [0.15, 0.2) is 0 Å². The number of aliphatic hydroxyl groups excluding tert-OH is 1. The molecule has 1 fully saturated rings. The maximum absolute atomic E-state index is 9.50. The van der Waals surface area contributed by atoms with Crippen LogP contribution in [0.5, 0.6) is 0 Å². The fourth-order valence-electron chi connectivity index (χ4n) is 1.57. The number of aromatic nitrogens is 1. The summed E-state index contributed by atoms with van der Waals surface area (Å²) in [5.74, 6) is 0.217. The van der Waals surface area contributed by atoms with Gasteiger partial charge in [0.2, 0.25) is 0 Å². The van der Waals surface area contributed by atoms with Gasteiger partial charge in [-0.05, 0) is 18.6 Å². The molecule has 2 rings (SSSR count). The van der Waals surface area contributed by atoms with Crippen LogP contribution in [0.25, 0.3) is 0 Å². The highest BCUT2D eigenvalue weighted by Gasteiger charge is 2.26. The van der Waals surface area contributed by atoms with E-state index in [2.05, 4.69) is 4.98 Å². The molecule has 3 nitrogen and oxygen atoms in total. The molecule has 0 bridgehead atoms. The molecule has 0 spiro atoms. The van der Waals surface area contributed by atoms with Crippen molar-refractivity contribution in [2.45, 2.75) is 12.5 Å². The first-order valence-electron chi connectivity index (χ1n) is 4.52. The topological polar surface area (TPSA) is 42.4 Å². The van der Waals surface area contributed by atoms with Crippen molar-refractivity contribution in [3.05, 3.63) is 30.1 Å². The SMILES string of the molecule is O[C@@H]1COC[C@H]1Cc1ccccn1. The molecular weight excluding hydrogens is 166 g/mol. The molecule has 0 unspecified atom stereocenters. The largest absolute Gasteiger partial charge is 0.390 e. The van der Waals surface area contributed by atoms with Crippen LogP contribution in [0.4, 0.5) is 0 Å². The van der Waals surface area contributed by atoms with Gasteiger partial charge in [0.05, 0.1) is 19.3 Å². The van der Waals surface area contributed by atoms with Gasteiger partial charge in [-0.25, -0.2) is 0 Å². The highest BCUT2D eigenvalue weighted by Crippen LogP contribution is 2.17. The Labute approximate surface area is 77.4 Å². The fraction of sp³-hybridized carbons (Fsp3) is 0.500. The predicted octanol–water partition coefficient (Wildman–Crippen LogP) is 0.631. The van der Waals surface area contributed by atoms with Gasteiger partial charge < -0.3 is 9.84 Å². The van der Waals surface area contributed by atoms with Gasteiger partial charge >= 0.3 is 0 Å². The Morgan fingerprint density at radius 1 is 1.46 bits per heavy atom. The summed E-state index contributed by atoms with van der Waals surface area (Å²) >= 11 is 0. The maximum atomic E-state index is 9.50. The predicted molar refractivity (Wildman–Crippen MR) is 48.3 cm³/mol. The highest BCUT2D eigenvalue weighted by molar-refractivity contribution is 5.05. The van der Waals surface area contributed by atoms with Crippen molar-refractivity contribution < 1.29 is 9.84 Å². The Hall–Kier alpha value is -0.930. The molecule has 0 radical (unpaired) electrons. The Kier molecular flexibility index (Phi) is 2.57. The van der Waals surface area contributed by atoms with Gasteiger partial charge in [0.1, 0.15) is 0 Å². The lowest BCUT2D eigenvalue weighted by atomic mass is 10.00. The van der Waals surface area contributed by atoms with E-state index in [1.54, 1.807) is 6.20 Å². The Morgan fingerprint density at radius 2 is 2.38 bits per heavy atom. The molecule has 2 heterocycles. The lowest BCUT2D eigenvalue weighted by Gasteiger charge is -2.10. The van der Waals surface area contributed by atoms with E-state index in [9.17, 15) is 5.11 Å². The maximum Gasteiger partial charge on any atom is 0.0827 e. The molecule has 0 amide bonds. The molecule has 1 aliphatic heterocycles. The van der Waals surface area contributed by atoms with Crippen molar-refractivity contribution in [2.75, 3.05) is 13.2 Å². The van der Waals surface area contributed by atoms with Crippen molar-refractivity contribution in [2.24, 2.45) is 5.92 Å². The summed E-state index contributed by atoms with van der Waals surface area (Å²) in [5, 5.41) is 9.50. The molecule has 1 aliphatic rings. The van der Waals surface area contributed by atoms with Gasteiger partial charge in [-0.15, -0.1) is 0 Å². The number of nitrogens with zero attached hydrogens (tertiary/aromatic N) is 1. The number of hydrogen-bond donors (Lipinski definition) is 1. The van der Waals surface area contributed by atoms with Crippen LogP contribution in [0.2, 0.25) is 0 Å². The molecule has 1 aromatic rings. The second-order valence-electron chi connectivity index (χ2n) is 3.39. The zero-order valence-electron chi connectivity index (χ0n) is 7.39. The smallest absolute Gasteiger partial charge is 0.0827 e. The minimum absolute atomic E-state index is 0.217. The molecule has 1 N–H and O–H groups in total. The lowest BCUT2D eigenvalue weighted by Crippen LogP contribution is -2.20. The summed E-state index contributed by atoms with van der Waals surface area (Å²) in [4.78, 5) is 4.21. The molecule has 1 saturated heterocycles. The first kappa shape index (κ1) is 8.66. The number of pyridine rings is 1. The third-order valence-electron chi connectivity index (χ3n) is 2.36. The van der Waals surface area contributed by atoms with Gasteiger partial charge in [-0.1, -0.05) is 6.07 Å². The van der Waals surface area contributed by atoms with E-state index in [4.69, 9.17) is 4.74 Å². The van der Waals surface area contributed by atoms with Crippen LogP contribution in [0, 0.1) is 5.92 Å². The average Bonchev–Trinajstić information content (AvgIpc) is 2.54. The number of rotatable bonds is 2. The van der Waals surface area contributed by atoms with E-state index < -0.39 is 0 Å². The standard InChI is InChI=1S/C10H13NO2/c12-10-7-13-6-8(10)5-9-3-1-2-4-11-9/h1-4,8,10,12H,5-7H2/t8-,10-/m1/s1. The van der Waals surface area contributed by atoms with E-state index in [0.717, 1.165) is 12.1 Å². The van der Waals surface area contributed by atoms with Crippen LogP contribution in [-0.2, 0) is 11.2 Å². The first-order valence-corrected chi connectivity index (χ1v) is 4.52. The summed E-state index contributed by atoms with van der Waals surface area (Å²) in [6.07, 6.45) is 2.27. The van der Waals surface area contributed by atoms with Crippen molar-refractivity contribution in [3.63, 3.8) is 0 Å². The highest BCUT2D eigenvalue weighted by atomic mass is 16.5. The fourth-order valence-corrected chi connectivity index (χ4v) is 1.57. The Morgan fingerprint density at radius 3 is 3.00 bits per heavy atom.